The summed E-state index contributed by atoms with van der Waals surface area (Å²) < 4.78 is 5.91. The number of phenols is 1. The van der Waals surface area contributed by atoms with Crippen LogP contribution in [0.1, 0.15) is 48.8 Å². The molecule has 3 aliphatic rings. The van der Waals surface area contributed by atoms with Crippen molar-refractivity contribution in [3.05, 3.63) is 28.8 Å². The zero-order valence-electron chi connectivity index (χ0n) is 16.3. The number of hydrogen-bond donors (Lipinski definition) is 2. The van der Waals surface area contributed by atoms with Crippen LogP contribution in [0, 0.1) is 6.92 Å². The molecule has 0 bridgehead atoms. The molecule has 0 radical (unpaired) electrons. The first-order valence-corrected chi connectivity index (χ1v) is 10.4. The number of aliphatic hydroxyl groups excluding tert-OH is 1. The second-order valence-electron chi connectivity index (χ2n) is 8.29. The third kappa shape index (κ3) is 2.82. The highest BCUT2D eigenvalue weighted by Crippen LogP contribution is 2.42. The standard InChI is InChI=1S/C22H27N3O3/c1-13-11-14-5-4-6-15(14)21(27)20(13)16-12-19-22(24-23-16)25(9-10-28-19)17-7-2-3-8-18(17)26/h11-12,17-18,26-27H,2-10H2,1H3/t17-,18-/m1/s1. The monoisotopic (exact) mass is 381 g/mol. The van der Waals surface area contributed by atoms with Crippen LogP contribution < -0.4 is 9.64 Å². The van der Waals surface area contributed by atoms with Crippen molar-refractivity contribution in [2.75, 3.05) is 18.1 Å². The molecule has 148 valence electrons. The van der Waals surface area contributed by atoms with Crippen molar-refractivity contribution in [1.29, 1.82) is 0 Å². The van der Waals surface area contributed by atoms with Crippen LogP contribution in [0.2, 0.25) is 0 Å². The number of hydrogen-bond acceptors (Lipinski definition) is 6. The van der Waals surface area contributed by atoms with Crippen LogP contribution in [0.4, 0.5) is 5.82 Å². The van der Waals surface area contributed by atoms with Crippen LogP contribution in [0.5, 0.6) is 11.5 Å². The summed E-state index contributed by atoms with van der Waals surface area (Å²) in [6.07, 6.45) is 6.71. The van der Waals surface area contributed by atoms with Gasteiger partial charge in [0.1, 0.15) is 18.1 Å². The van der Waals surface area contributed by atoms with E-state index in [1.54, 1.807) is 0 Å². The normalized spacial score (nSPS) is 23.9. The number of rotatable bonds is 2. The number of aromatic hydroxyl groups is 1. The molecule has 1 saturated carbocycles. The maximum atomic E-state index is 10.9. The molecule has 0 amide bonds. The Hall–Kier alpha value is -2.34. The molecule has 1 fully saturated rings. The van der Waals surface area contributed by atoms with Gasteiger partial charge in [0, 0.05) is 11.6 Å². The van der Waals surface area contributed by atoms with Gasteiger partial charge in [0.05, 0.1) is 18.7 Å². The van der Waals surface area contributed by atoms with Crippen LogP contribution in [0.25, 0.3) is 11.3 Å². The van der Waals surface area contributed by atoms with Crippen molar-refractivity contribution in [1.82, 2.24) is 10.2 Å². The lowest BCUT2D eigenvalue weighted by Crippen LogP contribution is -2.49. The molecule has 6 heteroatoms. The van der Waals surface area contributed by atoms with Gasteiger partial charge in [0.15, 0.2) is 11.6 Å². The van der Waals surface area contributed by atoms with Gasteiger partial charge in [-0.05, 0) is 55.7 Å². The summed E-state index contributed by atoms with van der Waals surface area (Å²) in [4.78, 5) is 2.16. The SMILES string of the molecule is Cc1cc2c(c(O)c1-c1cc3c(nn1)N([C@@H]1CCCC[C@H]1O)CCO3)CCC2. The predicted molar refractivity (Wildman–Crippen MR) is 107 cm³/mol. The number of aromatic nitrogens is 2. The Morgan fingerprint density at radius 1 is 1.11 bits per heavy atom. The van der Waals surface area contributed by atoms with E-state index in [0.717, 1.165) is 61.6 Å². The molecule has 2 N–H and O–H groups in total. The highest BCUT2D eigenvalue weighted by molar-refractivity contribution is 5.76. The highest BCUT2D eigenvalue weighted by atomic mass is 16.5. The summed E-state index contributed by atoms with van der Waals surface area (Å²) in [5, 5.41) is 30.3. The average molecular weight is 381 g/mol. The van der Waals surface area contributed by atoms with Gasteiger partial charge < -0.3 is 19.8 Å². The van der Waals surface area contributed by atoms with Gasteiger partial charge in [-0.25, -0.2) is 0 Å². The zero-order chi connectivity index (χ0) is 19.3. The van der Waals surface area contributed by atoms with Crippen LogP contribution >= 0.6 is 0 Å². The number of aliphatic hydroxyl groups is 1. The van der Waals surface area contributed by atoms with E-state index in [0.29, 0.717) is 36.2 Å². The number of fused-ring (bicyclic) bond motifs is 2. The minimum atomic E-state index is -0.329. The highest BCUT2D eigenvalue weighted by Gasteiger charge is 2.34. The van der Waals surface area contributed by atoms with Crippen LogP contribution in [-0.2, 0) is 12.8 Å². The number of anilines is 1. The molecule has 1 aromatic heterocycles. The Morgan fingerprint density at radius 2 is 1.96 bits per heavy atom. The lowest BCUT2D eigenvalue weighted by Gasteiger charge is -2.40. The Morgan fingerprint density at radius 3 is 2.82 bits per heavy atom. The molecule has 0 unspecified atom stereocenters. The van der Waals surface area contributed by atoms with Gasteiger partial charge >= 0.3 is 0 Å². The molecule has 2 aromatic rings. The topological polar surface area (TPSA) is 78.7 Å². The van der Waals surface area contributed by atoms with Gasteiger partial charge in [-0.2, -0.15) is 0 Å². The number of ether oxygens (including phenoxy) is 1. The third-order valence-electron chi connectivity index (χ3n) is 6.52. The number of phenolic OH excluding ortho intramolecular Hbond substituents is 1. The molecular weight excluding hydrogens is 354 g/mol. The van der Waals surface area contributed by atoms with Gasteiger partial charge in [-0.1, -0.05) is 18.9 Å². The quantitative estimate of drug-likeness (QED) is 0.832. The van der Waals surface area contributed by atoms with E-state index in [9.17, 15) is 10.2 Å². The van der Waals surface area contributed by atoms with E-state index in [4.69, 9.17) is 4.74 Å². The van der Waals surface area contributed by atoms with E-state index in [2.05, 4.69) is 21.2 Å². The summed E-state index contributed by atoms with van der Waals surface area (Å²) in [6, 6.07) is 4.14. The molecule has 5 rings (SSSR count). The first-order chi connectivity index (χ1) is 13.6. The van der Waals surface area contributed by atoms with E-state index < -0.39 is 0 Å². The third-order valence-corrected chi connectivity index (χ3v) is 6.52. The Kier molecular flexibility index (Phi) is 4.38. The molecule has 2 atom stereocenters. The fraction of sp³-hybridized carbons (Fsp3) is 0.545. The first-order valence-electron chi connectivity index (χ1n) is 10.4. The minimum absolute atomic E-state index is 0.0756. The summed E-state index contributed by atoms with van der Waals surface area (Å²) in [5.41, 5.74) is 4.72. The van der Waals surface area contributed by atoms with Gasteiger partial charge in [0.2, 0.25) is 0 Å². The molecular formula is C22H27N3O3. The van der Waals surface area contributed by atoms with Crippen molar-refractivity contribution in [3.63, 3.8) is 0 Å². The molecule has 1 aliphatic heterocycles. The van der Waals surface area contributed by atoms with E-state index in [1.807, 2.05) is 13.0 Å². The summed E-state index contributed by atoms with van der Waals surface area (Å²) in [7, 11) is 0. The predicted octanol–water partition coefficient (Wildman–Crippen LogP) is 3.15. The van der Waals surface area contributed by atoms with Crippen LogP contribution in [-0.4, -0.2) is 45.7 Å². The van der Waals surface area contributed by atoms with Crippen LogP contribution in [0.15, 0.2) is 12.1 Å². The molecule has 2 aliphatic carbocycles. The fourth-order valence-electron chi connectivity index (χ4n) is 5.12. The van der Waals surface area contributed by atoms with Crippen molar-refractivity contribution < 1.29 is 14.9 Å². The average Bonchev–Trinajstić information content (AvgIpc) is 3.16. The van der Waals surface area contributed by atoms with Gasteiger partial charge in [-0.3, -0.25) is 0 Å². The summed E-state index contributed by atoms with van der Waals surface area (Å²) >= 11 is 0. The Bertz CT molecular complexity index is 914. The number of nitrogens with zero attached hydrogens (tertiary/aromatic N) is 3. The second kappa shape index (κ2) is 6.92. The zero-order valence-corrected chi connectivity index (χ0v) is 16.3. The smallest absolute Gasteiger partial charge is 0.194 e. The molecule has 1 aromatic carbocycles. The van der Waals surface area contributed by atoms with Gasteiger partial charge in [-0.15, -0.1) is 10.2 Å². The minimum Gasteiger partial charge on any atom is -0.507 e. The molecule has 0 saturated heterocycles. The van der Waals surface area contributed by atoms with Crippen molar-refractivity contribution in [2.45, 2.75) is 64.0 Å². The molecule has 0 spiro atoms. The van der Waals surface area contributed by atoms with Crippen LogP contribution in [0.3, 0.4) is 0 Å². The number of aryl methyl sites for hydroxylation is 2. The molecule has 2 heterocycles. The van der Waals surface area contributed by atoms with Gasteiger partial charge in [0.25, 0.3) is 0 Å². The first kappa shape index (κ1) is 17.7. The fourth-order valence-corrected chi connectivity index (χ4v) is 5.12. The maximum Gasteiger partial charge on any atom is 0.194 e. The summed E-state index contributed by atoms with van der Waals surface area (Å²) in [5.74, 6) is 1.74. The Labute approximate surface area is 165 Å². The van der Waals surface area contributed by atoms with Crippen molar-refractivity contribution in [2.24, 2.45) is 0 Å². The second-order valence-corrected chi connectivity index (χ2v) is 8.29. The molecule has 28 heavy (non-hydrogen) atoms. The van der Waals surface area contributed by atoms with Crippen molar-refractivity contribution >= 4 is 5.82 Å². The molecule has 6 nitrogen and oxygen atoms in total. The van der Waals surface area contributed by atoms with E-state index in [-0.39, 0.29) is 12.1 Å². The van der Waals surface area contributed by atoms with E-state index in [1.165, 1.54) is 5.56 Å². The maximum absolute atomic E-state index is 10.9. The lowest BCUT2D eigenvalue weighted by atomic mass is 9.91. The summed E-state index contributed by atoms with van der Waals surface area (Å²) in [6.45, 7) is 3.29. The van der Waals surface area contributed by atoms with E-state index >= 15 is 0 Å². The van der Waals surface area contributed by atoms with Crippen molar-refractivity contribution in [3.8, 4) is 22.8 Å². The lowest BCUT2D eigenvalue weighted by molar-refractivity contribution is 0.0995. The largest absolute Gasteiger partial charge is 0.507 e. The number of benzene rings is 1. The Balaban J connectivity index is 1.53.